The van der Waals surface area contributed by atoms with Crippen molar-refractivity contribution in [3.63, 3.8) is 0 Å². The Kier molecular flexibility index (Phi) is 2.42. The van der Waals surface area contributed by atoms with Crippen molar-refractivity contribution in [2.75, 3.05) is 18.5 Å². The molecule has 0 saturated heterocycles. The number of nitrogens with zero attached hydrogens (tertiary/aromatic N) is 3. The van der Waals surface area contributed by atoms with Crippen molar-refractivity contribution in [3.8, 4) is 0 Å². The highest BCUT2D eigenvalue weighted by molar-refractivity contribution is 5.89. The van der Waals surface area contributed by atoms with Crippen LogP contribution < -0.4 is 4.90 Å². The van der Waals surface area contributed by atoms with Gasteiger partial charge in [0.25, 0.3) is 0 Å². The van der Waals surface area contributed by atoms with E-state index in [1.165, 1.54) is 25.2 Å². The molecule has 1 saturated carbocycles. The van der Waals surface area contributed by atoms with Gasteiger partial charge in [-0.3, -0.25) is 0 Å². The van der Waals surface area contributed by atoms with E-state index in [1.807, 2.05) is 13.1 Å². The van der Waals surface area contributed by atoms with Crippen LogP contribution in [0.3, 0.4) is 0 Å². The number of hydrogen-bond donors (Lipinski definition) is 0. The molecule has 3 rings (SSSR count). The minimum Gasteiger partial charge on any atom is -0.359 e. The summed E-state index contributed by atoms with van der Waals surface area (Å²) in [6, 6.07) is 5.01. The Morgan fingerprint density at radius 2 is 2.18 bits per heavy atom. The number of rotatable bonds is 3. The summed E-state index contributed by atoms with van der Waals surface area (Å²) in [6.07, 6.45) is 4.02. The second-order valence-electron chi connectivity index (χ2n) is 4.66. The summed E-state index contributed by atoms with van der Waals surface area (Å²) in [5.74, 6) is 1.31. The van der Waals surface area contributed by atoms with Crippen LogP contribution in [-0.2, 0) is 0 Å². The average Bonchev–Trinajstić information content (AvgIpc) is 3.13. The highest BCUT2D eigenvalue weighted by Gasteiger charge is 2.24. The molecule has 0 amide bonds. The zero-order valence-corrected chi connectivity index (χ0v) is 9.73. The molecule has 2 aromatic rings. The van der Waals surface area contributed by atoms with Crippen molar-refractivity contribution in [2.45, 2.75) is 12.8 Å². The molecule has 17 heavy (non-hydrogen) atoms. The van der Waals surface area contributed by atoms with Crippen LogP contribution in [0.25, 0.3) is 10.9 Å². The monoisotopic (exact) mass is 231 g/mol. The number of anilines is 1. The van der Waals surface area contributed by atoms with Crippen molar-refractivity contribution in [1.82, 2.24) is 9.97 Å². The molecule has 0 unspecified atom stereocenters. The molecule has 3 nitrogen and oxygen atoms in total. The largest absolute Gasteiger partial charge is 0.359 e. The third-order valence-electron chi connectivity index (χ3n) is 3.19. The average molecular weight is 231 g/mol. The fourth-order valence-electron chi connectivity index (χ4n) is 2.12. The van der Waals surface area contributed by atoms with Crippen LogP contribution in [0.15, 0.2) is 24.5 Å². The minimum atomic E-state index is -0.286. The van der Waals surface area contributed by atoms with E-state index < -0.39 is 0 Å². The van der Waals surface area contributed by atoms with Crippen LogP contribution in [0.1, 0.15) is 12.8 Å². The van der Waals surface area contributed by atoms with E-state index in [0.717, 1.165) is 23.7 Å². The third-order valence-corrected chi connectivity index (χ3v) is 3.19. The van der Waals surface area contributed by atoms with E-state index >= 15 is 0 Å². The fourth-order valence-corrected chi connectivity index (χ4v) is 2.12. The standard InChI is InChI=1S/C13H14FN3/c1-17(7-9-5-6-9)13-10-3-2-4-11(14)12(10)15-8-16-13/h2-4,8-9H,5-7H2,1H3. The van der Waals surface area contributed by atoms with Gasteiger partial charge in [0.15, 0.2) is 0 Å². The molecule has 1 heterocycles. The lowest BCUT2D eigenvalue weighted by molar-refractivity contribution is 0.636. The second-order valence-corrected chi connectivity index (χ2v) is 4.66. The molecule has 1 aliphatic rings. The molecule has 0 radical (unpaired) electrons. The van der Waals surface area contributed by atoms with Gasteiger partial charge in [0.2, 0.25) is 0 Å². The van der Waals surface area contributed by atoms with E-state index in [2.05, 4.69) is 14.9 Å². The van der Waals surface area contributed by atoms with Gasteiger partial charge in [0.05, 0.1) is 0 Å². The molecular formula is C13H14FN3. The number of benzene rings is 1. The smallest absolute Gasteiger partial charge is 0.149 e. The SMILES string of the molecule is CN(CC1CC1)c1ncnc2c(F)cccc12. The number of para-hydroxylation sites is 1. The molecule has 0 N–H and O–H groups in total. The lowest BCUT2D eigenvalue weighted by Gasteiger charge is -2.19. The van der Waals surface area contributed by atoms with Gasteiger partial charge in [-0.15, -0.1) is 0 Å². The molecule has 0 atom stereocenters. The number of aromatic nitrogens is 2. The molecule has 1 aromatic carbocycles. The second kappa shape index (κ2) is 3.95. The highest BCUT2D eigenvalue weighted by Crippen LogP contribution is 2.32. The summed E-state index contributed by atoms with van der Waals surface area (Å²) in [7, 11) is 2.00. The molecule has 4 heteroatoms. The minimum absolute atomic E-state index is 0.286. The number of hydrogen-bond acceptors (Lipinski definition) is 3. The maximum Gasteiger partial charge on any atom is 0.149 e. The predicted molar refractivity (Wildman–Crippen MR) is 65.5 cm³/mol. The van der Waals surface area contributed by atoms with Crippen LogP contribution >= 0.6 is 0 Å². The molecule has 88 valence electrons. The van der Waals surface area contributed by atoms with Crippen LogP contribution in [0.2, 0.25) is 0 Å². The molecule has 0 spiro atoms. The van der Waals surface area contributed by atoms with Gasteiger partial charge in [-0.05, 0) is 30.9 Å². The summed E-state index contributed by atoms with van der Waals surface area (Å²) in [5.41, 5.74) is 0.403. The van der Waals surface area contributed by atoms with E-state index in [-0.39, 0.29) is 5.82 Å². The van der Waals surface area contributed by atoms with Crippen LogP contribution in [-0.4, -0.2) is 23.6 Å². The zero-order chi connectivity index (χ0) is 11.8. The first-order valence-electron chi connectivity index (χ1n) is 5.86. The fraction of sp³-hybridized carbons (Fsp3) is 0.385. The Balaban J connectivity index is 2.05. The van der Waals surface area contributed by atoms with E-state index in [4.69, 9.17) is 0 Å². The predicted octanol–water partition coefficient (Wildman–Crippen LogP) is 2.62. The molecular weight excluding hydrogens is 217 g/mol. The van der Waals surface area contributed by atoms with Crippen molar-refractivity contribution in [3.05, 3.63) is 30.3 Å². The Hall–Kier alpha value is -1.71. The molecule has 0 aliphatic heterocycles. The summed E-state index contributed by atoms with van der Waals surface area (Å²) >= 11 is 0. The topological polar surface area (TPSA) is 29.0 Å². The maximum absolute atomic E-state index is 13.6. The van der Waals surface area contributed by atoms with E-state index in [1.54, 1.807) is 6.07 Å². The molecule has 1 aliphatic carbocycles. The van der Waals surface area contributed by atoms with E-state index in [0.29, 0.717) is 5.52 Å². The van der Waals surface area contributed by atoms with E-state index in [9.17, 15) is 4.39 Å². The first-order valence-corrected chi connectivity index (χ1v) is 5.86. The van der Waals surface area contributed by atoms with Gasteiger partial charge in [-0.2, -0.15) is 0 Å². The normalized spacial score (nSPS) is 15.2. The summed E-state index contributed by atoms with van der Waals surface area (Å²) < 4.78 is 13.6. The summed E-state index contributed by atoms with van der Waals surface area (Å²) in [4.78, 5) is 10.4. The Labute approximate surface area is 99.3 Å². The summed E-state index contributed by atoms with van der Waals surface area (Å²) in [6.45, 7) is 0.989. The van der Waals surface area contributed by atoms with Gasteiger partial charge in [-0.1, -0.05) is 6.07 Å². The van der Waals surface area contributed by atoms with Gasteiger partial charge in [0, 0.05) is 19.0 Å². The van der Waals surface area contributed by atoms with Crippen molar-refractivity contribution in [1.29, 1.82) is 0 Å². The highest BCUT2D eigenvalue weighted by atomic mass is 19.1. The lowest BCUT2D eigenvalue weighted by atomic mass is 10.2. The van der Waals surface area contributed by atoms with Crippen LogP contribution in [0, 0.1) is 11.7 Å². The third kappa shape index (κ3) is 1.95. The van der Waals surface area contributed by atoms with Crippen molar-refractivity contribution >= 4 is 16.7 Å². The first-order chi connectivity index (χ1) is 8.25. The molecule has 0 bridgehead atoms. The molecule has 1 aromatic heterocycles. The zero-order valence-electron chi connectivity index (χ0n) is 9.73. The number of fused-ring (bicyclic) bond motifs is 1. The molecule has 1 fully saturated rings. The summed E-state index contributed by atoms with van der Waals surface area (Å²) in [5, 5.41) is 0.788. The van der Waals surface area contributed by atoms with Crippen molar-refractivity contribution < 1.29 is 4.39 Å². The van der Waals surface area contributed by atoms with Crippen molar-refractivity contribution in [2.24, 2.45) is 5.92 Å². The number of halogens is 1. The van der Waals surface area contributed by atoms with Gasteiger partial charge < -0.3 is 4.90 Å². The maximum atomic E-state index is 13.6. The lowest BCUT2D eigenvalue weighted by Crippen LogP contribution is -2.21. The van der Waals surface area contributed by atoms with Gasteiger partial charge in [0.1, 0.15) is 23.5 Å². The first kappa shape index (κ1) is 10.4. The van der Waals surface area contributed by atoms with Gasteiger partial charge >= 0.3 is 0 Å². The van der Waals surface area contributed by atoms with Crippen LogP contribution in [0.5, 0.6) is 0 Å². The Morgan fingerprint density at radius 1 is 1.35 bits per heavy atom. The Morgan fingerprint density at radius 3 is 2.94 bits per heavy atom. The Bertz CT molecular complexity index is 551. The quantitative estimate of drug-likeness (QED) is 0.813. The van der Waals surface area contributed by atoms with Crippen LogP contribution in [0.4, 0.5) is 10.2 Å². The van der Waals surface area contributed by atoms with Gasteiger partial charge in [-0.25, -0.2) is 14.4 Å².